The Hall–Kier alpha value is -1.95. The smallest absolute Gasteiger partial charge is 0.275 e. The summed E-state index contributed by atoms with van der Waals surface area (Å²) >= 11 is 3.39. The number of halogens is 1. The summed E-state index contributed by atoms with van der Waals surface area (Å²) in [5, 5.41) is 5.64. The molecule has 0 saturated heterocycles. The van der Waals surface area contributed by atoms with Gasteiger partial charge in [0.1, 0.15) is 11.5 Å². The molecule has 1 amide bonds. The van der Waals surface area contributed by atoms with E-state index in [1.165, 1.54) is 6.20 Å². The van der Waals surface area contributed by atoms with Crippen LogP contribution >= 0.6 is 15.9 Å². The van der Waals surface area contributed by atoms with E-state index < -0.39 is 0 Å². The van der Waals surface area contributed by atoms with Gasteiger partial charge in [0.15, 0.2) is 0 Å². The highest BCUT2D eigenvalue weighted by molar-refractivity contribution is 9.10. The van der Waals surface area contributed by atoms with Crippen LogP contribution in [0.4, 0.5) is 11.5 Å². The second-order valence-electron chi connectivity index (χ2n) is 4.01. The fourth-order valence-corrected chi connectivity index (χ4v) is 2.21. The summed E-state index contributed by atoms with van der Waals surface area (Å²) in [6.07, 6.45) is 2.99. The van der Waals surface area contributed by atoms with Crippen LogP contribution in [0, 0.1) is 6.92 Å². The van der Waals surface area contributed by atoms with E-state index in [0.29, 0.717) is 11.5 Å². The summed E-state index contributed by atoms with van der Waals surface area (Å²) in [7, 11) is 1.73. The van der Waals surface area contributed by atoms with Gasteiger partial charge in [0, 0.05) is 17.2 Å². The molecule has 1 heterocycles. The van der Waals surface area contributed by atoms with E-state index >= 15 is 0 Å². The molecule has 0 aliphatic rings. The maximum absolute atomic E-state index is 12.0. The summed E-state index contributed by atoms with van der Waals surface area (Å²) in [6.45, 7) is 1.96. The lowest BCUT2D eigenvalue weighted by Crippen LogP contribution is -2.14. The number of nitrogens with zero attached hydrogens (tertiary/aromatic N) is 2. The Labute approximate surface area is 119 Å². The lowest BCUT2D eigenvalue weighted by atomic mass is 10.2. The first-order chi connectivity index (χ1) is 9.08. The number of amides is 1. The van der Waals surface area contributed by atoms with Crippen LogP contribution in [0.5, 0.6) is 0 Å². The van der Waals surface area contributed by atoms with Crippen LogP contribution in [-0.2, 0) is 0 Å². The highest BCUT2D eigenvalue weighted by Crippen LogP contribution is 2.19. The van der Waals surface area contributed by atoms with Crippen LogP contribution in [0.1, 0.15) is 16.1 Å². The van der Waals surface area contributed by atoms with Crippen LogP contribution in [0.3, 0.4) is 0 Å². The third-order valence-electron chi connectivity index (χ3n) is 2.42. The van der Waals surface area contributed by atoms with E-state index in [4.69, 9.17) is 0 Å². The largest absolute Gasteiger partial charge is 0.372 e. The summed E-state index contributed by atoms with van der Waals surface area (Å²) < 4.78 is 0.915. The predicted molar refractivity (Wildman–Crippen MR) is 78.4 cm³/mol. The number of hydrogen-bond acceptors (Lipinski definition) is 4. The van der Waals surface area contributed by atoms with Gasteiger partial charge >= 0.3 is 0 Å². The highest BCUT2D eigenvalue weighted by Gasteiger charge is 2.09. The van der Waals surface area contributed by atoms with Gasteiger partial charge < -0.3 is 10.6 Å². The molecule has 0 spiro atoms. The van der Waals surface area contributed by atoms with E-state index in [2.05, 4.69) is 36.5 Å². The highest BCUT2D eigenvalue weighted by atomic mass is 79.9. The van der Waals surface area contributed by atoms with Crippen molar-refractivity contribution in [1.82, 2.24) is 9.97 Å². The summed E-state index contributed by atoms with van der Waals surface area (Å²) in [5.41, 5.74) is 2.04. The van der Waals surface area contributed by atoms with Gasteiger partial charge in [0.25, 0.3) is 5.91 Å². The fourth-order valence-electron chi connectivity index (χ4n) is 1.60. The number of nitrogens with one attached hydrogen (secondary N) is 2. The molecule has 0 aliphatic heterocycles. The van der Waals surface area contributed by atoms with Crippen LogP contribution in [0.15, 0.2) is 35.1 Å². The summed E-state index contributed by atoms with van der Waals surface area (Å²) in [6, 6.07) is 5.69. The van der Waals surface area contributed by atoms with Gasteiger partial charge in [-0.3, -0.25) is 9.78 Å². The Balaban J connectivity index is 2.20. The Bertz CT molecular complexity index is 595. The van der Waals surface area contributed by atoms with Gasteiger partial charge in [-0.25, -0.2) is 4.98 Å². The predicted octanol–water partition coefficient (Wildman–Crippen LogP) is 2.84. The summed E-state index contributed by atoms with van der Waals surface area (Å²) in [5.74, 6) is 0.264. The standard InChI is InChI=1S/C13H13BrN4O/c1-8-3-9(14)5-10(4-8)17-13(19)11-6-16-7-12(15-2)18-11/h3-7H,1-2H3,(H,15,18)(H,17,19). The SMILES string of the molecule is CNc1cncc(C(=O)Nc2cc(C)cc(Br)c2)n1. The van der Waals surface area contributed by atoms with Crippen LogP contribution in [0.2, 0.25) is 0 Å². The van der Waals surface area contributed by atoms with Crippen molar-refractivity contribution in [2.24, 2.45) is 0 Å². The molecule has 0 bridgehead atoms. The van der Waals surface area contributed by atoms with Crippen LogP contribution < -0.4 is 10.6 Å². The molecule has 98 valence electrons. The zero-order valence-corrected chi connectivity index (χ0v) is 12.2. The molecule has 0 fully saturated rings. The maximum atomic E-state index is 12.0. The Morgan fingerprint density at radius 3 is 2.74 bits per heavy atom. The second-order valence-corrected chi connectivity index (χ2v) is 4.93. The zero-order valence-electron chi connectivity index (χ0n) is 10.6. The Morgan fingerprint density at radius 2 is 2.05 bits per heavy atom. The number of hydrogen-bond donors (Lipinski definition) is 2. The molecule has 0 saturated carbocycles. The first kappa shape index (κ1) is 13.5. The molecule has 2 N–H and O–H groups in total. The number of benzene rings is 1. The minimum Gasteiger partial charge on any atom is -0.372 e. The maximum Gasteiger partial charge on any atom is 0.275 e. The van der Waals surface area contributed by atoms with Crippen molar-refractivity contribution in [1.29, 1.82) is 0 Å². The molecule has 0 atom stereocenters. The lowest BCUT2D eigenvalue weighted by Gasteiger charge is -2.07. The lowest BCUT2D eigenvalue weighted by molar-refractivity contribution is 0.102. The van der Waals surface area contributed by atoms with Crippen molar-refractivity contribution >= 4 is 33.3 Å². The molecule has 2 rings (SSSR count). The van der Waals surface area contributed by atoms with Gasteiger partial charge in [-0.1, -0.05) is 15.9 Å². The topological polar surface area (TPSA) is 66.9 Å². The van der Waals surface area contributed by atoms with E-state index in [0.717, 1.165) is 10.0 Å². The molecule has 6 heteroatoms. The average Bonchev–Trinajstić information content (AvgIpc) is 2.37. The first-order valence-electron chi connectivity index (χ1n) is 5.67. The van der Waals surface area contributed by atoms with Crippen molar-refractivity contribution < 1.29 is 4.79 Å². The summed E-state index contributed by atoms with van der Waals surface area (Å²) in [4.78, 5) is 20.1. The molecule has 0 radical (unpaired) electrons. The molecule has 2 aromatic rings. The molecule has 1 aromatic heterocycles. The zero-order chi connectivity index (χ0) is 13.8. The van der Waals surface area contributed by atoms with E-state index in [1.807, 2.05) is 25.1 Å². The molecule has 1 aromatic carbocycles. The van der Waals surface area contributed by atoms with Gasteiger partial charge in [0.05, 0.1) is 12.4 Å². The number of carbonyl (C=O) groups is 1. The van der Waals surface area contributed by atoms with Crippen molar-refractivity contribution in [3.63, 3.8) is 0 Å². The molecule has 5 nitrogen and oxygen atoms in total. The number of rotatable bonds is 3. The number of aromatic nitrogens is 2. The number of anilines is 2. The third kappa shape index (κ3) is 3.51. The molecule has 0 unspecified atom stereocenters. The fraction of sp³-hybridized carbons (Fsp3) is 0.154. The number of carbonyl (C=O) groups excluding carboxylic acids is 1. The van der Waals surface area contributed by atoms with E-state index in [1.54, 1.807) is 13.2 Å². The van der Waals surface area contributed by atoms with Crippen molar-refractivity contribution in [3.05, 3.63) is 46.3 Å². The minimum absolute atomic E-state index is 0.268. The quantitative estimate of drug-likeness (QED) is 0.912. The van der Waals surface area contributed by atoms with Gasteiger partial charge in [0.2, 0.25) is 0 Å². The monoisotopic (exact) mass is 320 g/mol. The Morgan fingerprint density at radius 1 is 1.26 bits per heavy atom. The average molecular weight is 321 g/mol. The van der Waals surface area contributed by atoms with Crippen LogP contribution in [0.25, 0.3) is 0 Å². The van der Waals surface area contributed by atoms with Crippen LogP contribution in [-0.4, -0.2) is 22.9 Å². The molecular weight excluding hydrogens is 308 g/mol. The molecular formula is C13H13BrN4O. The number of aryl methyl sites for hydroxylation is 1. The second kappa shape index (κ2) is 5.79. The van der Waals surface area contributed by atoms with Crippen molar-refractivity contribution in [2.75, 3.05) is 17.7 Å². The van der Waals surface area contributed by atoms with Gasteiger partial charge in [-0.2, -0.15) is 0 Å². The van der Waals surface area contributed by atoms with E-state index in [9.17, 15) is 4.79 Å². The Kier molecular flexibility index (Phi) is 4.11. The minimum atomic E-state index is -0.290. The third-order valence-corrected chi connectivity index (χ3v) is 2.88. The van der Waals surface area contributed by atoms with Crippen molar-refractivity contribution in [2.45, 2.75) is 6.92 Å². The van der Waals surface area contributed by atoms with Gasteiger partial charge in [-0.05, 0) is 30.7 Å². The molecule has 19 heavy (non-hydrogen) atoms. The normalized spacial score (nSPS) is 10.1. The van der Waals surface area contributed by atoms with Crippen molar-refractivity contribution in [3.8, 4) is 0 Å². The van der Waals surface area contributed by atoms with E-state index in [-0.39, 0.29) is 11.6 Å². The molecule has 0 aliphatic carbocycles. The van der Waals surface area contributed by atoms with Gasteiger partial charge in [-0.15, -0.1) is 0 Å². The first-order valence-corrected chi connectivity index (χ1v) is 6.46.